The first-order valence-electron chi connectivity index (χ1n) is 0.671. The molecule has 0 spiro atoms. The molecule has 0 unspecified atom stereocenters. The zero-order valence-corrected chi connectivity index (χ0v) is 4.71. The second kappa shape index (κ2) is 116. The third-order valence-electron chi connectivity index (χ3n) is 0. The van der Waals surface area contributed by atoms with Gasteiger partial charge in [0, 0.05) is 0 Å². The van der Waals surface area contributed by atoms with Crippen molar-refractivity contribution < 1.29 is 21.8 Å². The van der Waals surface area contributed by atoms with Crippen LogP contribution in [0.4, 0.5) is 0 Å². The Kier molecular flexibility index (Phi) is 591. The van der Waals surface area contributed by atoms with Gasteiger partial charge in [0.1, 0.15) is 0 Å². The molecular weight excluding hydrogens is 184 g/mol. The van der Waals surface area contributed by atoms with Crippen LogP contribution < -0.4 is 0 Å². The first-order valence-corrected chi connectivity index (χ1v) is 0.671. The Balaban J connectivity index is -0.00000000500. The van der Waals surface area contributed by atoms with Gasteiger partial charge in [-0.05, 0) is 0 Å². The normalized spacial score (nSPS) is 0.857. The van der Waals surface area contributed by atoms with E-state index in [1.54, 1.807) is 0 Å². The topological polar surface area (TPSA) is 71.4 Å². The van der Waals surface area contributed by atoms with Crippen LogP contribution in [-0.4, -0.2) is 0 Å². The van der Waals surface area contributed by atoms with Crippen molar-refractivity contribution in [3.05, 3.63) is 19.7 Å². The molecule has 3 nitrogen and oxygen atoms in total. The molecule has 0 atom stereocenters. The number of nitrogens with zero attached hydrogens (tertiary/aromatic N) is 3. The fraction of sp³-hybridized carbons (Fsp3) is 0. The van der Waals surface area contributed by atoms with Crippen LogP contribution in [0.15, 0.2) is 0 Å². The van der Waals surface area contributed by atoms with Gasteiger partial charge in [-0.15, -0.1) is 0 Å². The quantitative estimate of drug-likeness (QED) is 0.405. The van der Waals surface area contributed by atoms with E-state index in [0.717, 1.165) is 0 Å². The van der Waals surface area contributed by atoms with E-state index in [-0.39, 0.29) is 21.8 Å². The molecule has 0 bridgehead atoms. The zero-order chi connectivity index (χ0) is 6.00. The molecule has 0 fully saturated rings. The Hall–Kier alpha value is -0.868. The summed E-state index contributed by atoms with van der Waals surface area (Å²) in [4.78, 5) is 0. The van der Waals surface area contributed by atoms with Crippen molar-refractivity contribution in [2.45, 2.75) is 0 Å². The van der Waals surface area contributed by atoms with E-state index in [0.29, 0.717) is 0 Å². The maximum atomic E-state index is 6.25. The molecule has 0 radical (unpaired) electrons. The minimum Gasteiger partial charge on any atom is -0.512 e. The van der Waals surface area contributed by atoms with Crippen LogP contribution in [0.1, 0.15) is 1.43 Å². The zero-order valence-electron chi connectivity index (χ0n) is 4.16. The van der Waals surface area contributed by atoms with Crippen LogP contribution in [0.3, 0.4) is 0 Å². The van der Waals surface area contributed by atoms with Gasteiger partial charge in [-0.25, -0.2) is 0 Å². The number of hydrogen-bond acceptors (Lipinski definition) is 3. The summed E-state index contributed by atoms with van der Waals surface area (Å²) in [6.07, 6.45) is 0. The fourth-order valence-corrected chi connectivity index (χ4v) is 0. The summed E-state index contributed by atoms with van der Waals surface area (Å²) < 4.78 is 0. The summed E-state index contributed by atoms with van der Waals surface area (Å²) in [7, 11) is 0. The van der Waals surface area contributed by atoms with Gasteiger partial charge in [0.15, 0.2) is 0 Å². The van der Waals surface area contributed by atoms with Gasteiger partial charge in [-0.3, -0.25) is 0 Å². The molecule has 0 rings (SSSR count). The standard InChI is InChI=1S/3CN.Pd/c3*1-2;/q3*-1;+2/p+1. The average molecular weight is 185 g/mol. The van der Waals surface area contributed by atoms with Crippen LogP contribution >= 0.6 is 0 Å². The second-order valence-electron chi connectivity index (χ2n) is 0. The molecule has 0 saturated carbocycles. The number of rotatable bonds is 0. The molecule has 0 amide bonds. The van der Waals surface area contributed by atoms with Crippen molar-refractivity contribution in [1.82, 2.24) is 0 Å². The Morgan fingerprint density at radius 2 is 0.714 bits per heavy atom. The molecule has 0 aliphatic heterocycles. The van der Waals surface area contributed by atoms with Crippen molar-refractivity contribution in [2.75, 3.05) is 0 Å². The molecule has 7 heavy (non-hydrogen) atoms. The summed E-state index contributed by atoms with van der Waals surface area (Å²) >= 11 is 0. The molecule has 0 saturated heterocycles. The Bertz CT molecular complexity index is 43.0. The first kappa shape index (κ1) is 35.5. The van der Waals surface area contributed by atoms with Crippen LogP contribution in [0.5, 0.6) is 0 Å². The van der Waals surface area contributed by atoms with E-state index in [9.17, 15) is 0 Å². The minimum absolute atomic E-state index is 0. The van der Waals surface area contributed by atoms with Gasteiger partial charge in [0.05, 0.1) is 0 Å². The van der Waals surface area contributed by atoms with Crippen molar-refractivity contribution >= 4 is 0 Å². The van der Waals surface area contributed by atoms with Crippen molar-refractivity contribution in [3.63, 3.8) is 0 Å². The van der Waals surface area contributed by atoms with E-state index < -0.39 is 0 Å². The van der Waals surface area contributed by atoms with E-state index in [4.69, 9.17) is 35.5 Å². The predicted octanol–water partition coefficient (Wildman–Crippen LogP) is 0.399. The maximum Gasteiger partial charge on any atom is 2.00 e. The molecule has 0 aliphatic carbocycles. The Morgan fingerprint density at radius 1 is 0.714 bits per heavy atom. The molecule has 0 aromatic rings. The Morgan fingerprint density at radius 3 is 0.714 bits per heavy atom. The minimum atomic E-state index is 0. The van der Waals surface area contributed by atoms with Crippen LogP contribution in [0.25, 0.3) is 0 Å². The Labute approximate surface area is 57.9 Å². The molecule has 0 N–H and O–H groups in total. The smallest absolute Gasteiger partial charge is 0.512 e. The molecule has 0 aliphatic rings. The predicted molar refractivity (Wildman–Crippen MR) is 16.0 cm³/mol. The molecular formula is C3HN3Pd. The van der Waals surface area contributed by atoms with E-state index in [1.165, 1.54) is 0 Å². The van der Waals surface area contributed by atoms with Crippen LogP contribution in [0, 0.1) is 35.5 Å². The van der Waals surface area contributed by atoms with Crippen molar-refractivity contribution in [3.8, 4) is 0 Å². The number of hydrogen-bond donors (Lipinski definition) is 0. The third kappa shape index (κ3) is 66.9. The summed E-state index contributed by atoms with van der Waals surface area (Å²) in [6.45, 7) is 14.2. The van der Waals surface area contributed by atoms with Crippen LogP contribution in [-0.2, 0) is 20.4 Å². The largest absolute Gasteiger partial charge is 2.00 e. The van der Waals surface area contributed by atoms with E-state index in [1.807, 2.05) is 0 Å². The van der Waals surface area contributed by atoms with Gasteiger partial charge in [0.2, 0.25) is 0 Å². The average Bonchev–Trinajstić information content (AvgIpc) is 1.81. The van der Waals surface area contributed by atoms with E-state index >= 15 is 0 Å². The van der Waals surface area contributed by atoms with Gasteiger partial charge in [0.25, 0.3) is 0 Å². The molecule has 4 heteroatoms. The molecule has 0 aromatic carbocycles. The van der Waals surface area contributed by atoms with Crippen LogP contribution in [0.2, 0.25) is 0 Å². The summed E-state index contributed by atoms with van der Waals surface area (Å²) in [5.41, 5.74) is 0. The summed E-state index contributed by atoms with van der Waals surface area (Å²) in [5, 5.41) is 18.8. The fourth-order valence-electron chi connectivity index (χ4n) is 0. The first-order chi connectivity index (χ1) is 3.00. The molecule has 38 valence electrons. The van der Waals surface area contributed by atoms with Gasteiger partial charge in [-0.1, -0.05) is 0 Å². The summed E-state index contributed by atoms with van der Waals surface area (Å²) in [5.74, 6) is 0. The van der Waals surface area contributed by atoms with E-state index in [2.05, 4.69) is 0 Å². The third-order valence-corrected chi connectivity index (χ3v) is 0. The SMILES string of the molecule is [C-]#N.[C-]#N.[C-]#N.[H+].[Pd+2]. The summed E-state index contributed by atoms with van der Waals surface area (Å²) in [6, 6.07) is 0. The molecule has 0 aromatic heterocycles. The second-order valence-corrected chi connectivity index (χ2v) is 0. The van der Waals surface area contributed by atoms with Gasteiger partial charge >= 0.3 is 21.8 Å². The van der Waals surface area contributed by atoms with Gasteiger partial charge < -0.3 is 35.5 Å². The maximum absolute atomic E-state index is 6.25. The van der Waals surface area contributed by atoms with Crippen molar-refractivity contribution in [1.29, 1.82) is 15.8 Å². The van der Waals surface area contributed by atoms with Crippen molar-refractivity contribution in [2.24, 2.45) is 0 Å². The molecule has 0 heterocycles. The van der Waals surface area contributed by atoms with Gasteiger partial charge in [-0.2, -0.15) is 0 Å². The monoisotopic (exact) mass is 185 g/mol.